The number of rotatable bonds is 5. The molecule has 0 atom stereocenters. The quantitative estimate of drug-likeness (QED) is 0.525. The highest BCUT2D eigenvalue weighted by atomic mass is 16.2. The van der Waals surface area contributed by atoms with Gasteiger partial charge in [0.1, 0.15) is 0 Å². The molecule has 1 aromatic carbocycles. The highest BCUT2D eigenvalue weighted by molar-refractivity contribution is 6.39. The number of hydrogen-bond donors (Lipinski definition) is 2. The first kappa shape index (κ1) is 18.0. The summed E-state index contributed by atoms with van der Waals surface area (Å²) < 4.78 is 1.63. The zero-order valence-corrected chi connectivity index (χ0v) is 14.5. The summed E-state index contributed by atoms with van der Waals surface area (Å²) >= 11 is 0. The van der Waals surface area contributed by atoms with Crippen LogP contribution in [0.15, 0.2) is 61.2 Å². The van der Waals surface area contributed by atoms with Crippen LogP contribution in [0.2, 0.25) is 0 Å². The summed E-state index contributed by atoms with van der Waals surface area (Å²) in [6.07, 6.45) is 6.45. The van der Waals surface area contributed by atoms with E-state index in [9.17, 15) is 14.4 Å². The Kier molecular flexibility index (Phi) is 5.36. The van der Waals surface area contributed by atoms with Gasteiger partial charge in [-0.2, -0.15) is 0 Å². The second-order valence-corrected chi connectivity index (χ2v) is 5.76. The molecule has 3 rings (SSSR count). The van der Waals surface area contributed by atoms with Crippen LogP contribution in [-0.4, -0.2) is 32.1 Å². The van der Waals surface area contributed by atoms with Crippen LogP contribution in [0.4, 0.5) is 5.69 Å². The number of aryl methyl sites for hydroxylation is 1. The number of imidazole rings is 1. The largest absolute Gasteiger partial charge is 0.344 e. The van der Waals surface area contributed by atoms with E-state index < -0.39 is 11.8 Å². The fraction of sp³-hybridized carbons (Fsp3) is 0.105. The fourth-order valence-electron chi connectivity index (χ4n) is 2.37. The van der Waals surface area contributed by atoms with Gasteiger partial charge in [-0.15, -0.1) is 0 Å². The molecule has 0 aliphatic carbocycles. The second-order valence-electron chi connectivity index (χ2n) is 5.76. The molecule has 0 saturated carbocycles. The van der Waals surface area contributed by atoms with E-state index in [1.165, 1.54) is 0 Å². The van der Waals surface area contributed by atoms with Crippen molar-refractivity contribution in [2.45, 2.75) is 6.54 Å². The maximum atomic E-state index is 12.4. The zero-order valence-electron chi connectivity index (χ0n) is 14.5. The van der Waals surface area contributed by atoms with Gasteiger partial charge in [-0.3, -0.25) is 19.4 Å². The van der Waals surface area contributed by atoms with Crippen LogP contribution in [0.25, 0.3) is 0 Å². The minimum absolute atomic E-state index is 0.226. The average molecular weight is 363 g/mol. The third-order valence-corrected chi connectivity index (χ3v) is 3.84. The number of pyridine rings is 1. The molecule has 8 heteroatoms. The van der Waals surface area contributed by atoms with Crippen molar-refractivity contribution < 1.29 is 14.4 Å². The molecule has 136 valence electrons. The normalized spacial score (nSPS) is 10.3. The molecule has 8 nitrogen and oxygen atoms in total. The van der Waals surface area contributed by atoms with Gasteiger partial charge in [0.15, 0.2) is 5.82 Å². The third-order valence-electron chi connectivity index (χ3n) is 3.84. The van der Waals surface area contributed by atoms with Gasteiger partial charge in [0.2, 0.25) is 5.78 Å². The number of amides is 2. The predicted molar refractivity (Wildman–Crippen MR) is 97.8 cm³/mol. The second kappa shape index (κ2) is 8.05. The van der Waals surface area contributed by atoms with Crippen molar-refractivity contribution in [3.63, 3.8) is 0 Å². The van der Waals surface area contributed by atoms with Crippen molar-refractivity contribution >= 4 is 23.3 Å². The van der Waals surface area contributed by atoms with Crippen molar-refractivity contribution in [2.75, 3.05) is 5.32 Å². The van der Waals surface area contributed by atoms with Gasteiger partial charge in [0, 0.05) is 49.6 Å². The van der Waals surface area contributed by atoms with Gasteiger partial charge in [-0.05, 0) is 42.0 Å². The van der Waals surface area contributed by atoms with E-state index >= 15 is 0 Å². The lowest BCUT2D eigenvalue weighted by molar-refractivity contribution is -0.136. The van der Waals surface area contributed by atoms with Gasteiger partial charge in [0.25, 0.3) is 0 Å². The smallest absolute Gasteiger partial charge is 0.313 e. The summed E-state index contributed by atoms with van der Waals surface area (Å²) in [5, 5.41) is 5.02. The number of benzene rings is 1. The van der Waals surface area contributed by atoms with E-state index in [0.29, 0.717) is 17.1 Å². The Morgan fingerprint density at radius 3 is 2.30 bits per heavy atom. The van der Waals surface area contributed by atoms with E-state index in [-0.39, 0.29) is 12.3 Å². The summed E-state index contributed by atoms with van der Waals surface area (Å²) in [6.45, 7) is 0.228. The standard InChI is InChI=1S/C19H17N5O3/c1-24-11-10-21-17(24)16(25)14-2-4-15(5-3-14)23-19(27)18(26)22-12-13-6-8-20-9-7-13/h2-11H,12H2,1H3,(H,22,26)(H,23,27). The number of anilines is 1. The minimum atomic E-state index is -0.785. The SMILES string of the molecule is Cn1ccnc1C(=O)c1ccc(NC(=O)C(=O)NCc2ccncc2)cc1. The number of nitrogens with one attached hydrogen (secondary N) is 2. The maximum Gasteiger partial charge on any atom is 0.313 e. The number of aromatic nitrogens is 3. The highest BCUT2D eigenvalue weighted by Gasteiger charge is 2.15. The molecule has 0 bridgehead atoms. The number of hydrogen-bond acceptors (Lipinski definition) is 5. The van der Waals surface area contributed by atoms with Gasteiger partial charge in [-0.1, -0.05) is 0 Å². The lowest BCUT2D eigenvalue weighted by Crippen LogP contribution is -2.34. The summed E-state index contributed by atoms with van der Waals surface area (Å²) in [7, 11) is 1.74. The molecular formula is C19H17N5O3. The summed E-state index contributed by atoms with van der Waals surface area (Å²) in [5.41, 5.74) is 1.68. The first-order valence-electron chi connectivity index (χ1n) is 8.15. The molecule has 0 radical (unpaired) electrons. The van der Waals surface area contributed by atoms with E-state index in [1.807, 2.05) is 0 Å². The van der Waals surface area contributed by atoms with E-state index in [0.717, 1.165) is 5.56 Å². The van der Waals surface area contributed by atoms with Gasteiger partial charge >= 0.3 is 11.8 Å². The van der Waals surface area contributed by atoms with Crippen LogP contribution in [0.1, 0.15) is 21.7 Å². The van der Waals surface area contributed by atoms with Crippen molar-refractivity contribution in [3.05, 3.63) is 78.1 Å². The van der Waals surface area contributed by atoms with Crippen LogP contribution < -0.4 is 10.6 Å². The lowest BCUT2D eigenvalue weighted by Gasteiger charge is -2.07. The van der Waals surface area contributed by atoms with Crippen LogP contribution in [0.3, 0.4) is 0 Å². The monoisotopic (exact) mass is 363 g/mol. The van der Waals surface area contributed by atoms with Crippen LogP contribution in [0, 0.1) is 0 Å². The Morgan fingerprint density at radius 2 is 1.67 bits per heavy atom. The van der Waals surface area contributed by atoms with Crippen LogP contribution in [-0.2, 0) is 23.2 Å². The third kappa shape index (κ3) is 4.43. The topological polar surface area (TPSA) is 106 Å². The molecular weight excluding hydrogens is 346 g/mol. The van der Waals surface area contributed by atoms with E-state index in [1.54, 1.807) is 72.8 Å². The number of carbonyl (C=O) groups excluding carboxylic acids is 3. The lowest BCUT2D eigenvalue weighted by atomic mass is 10.1. The number of nitrogens with zero attached hydrogens (tertiary/aromatic N) is 3. The first-order valence-corrected chi connectivity index (χ1v) is 8.15. The van der Waals surface area contributed by atoms with Crippen LogP contribution in [0.5, 0.6) is 0 Å². The van der Waals surface area contributed by atoms with Gasteiger partial charge in [0.05, 0.1) is 0 Å². The van der Waals surface area contributed by atoms with E-state index in [2.05, 4.69) is 20.6 Å². The van der Waals surface area contributed by atoms with Gasteiger partial charge < -0.3 is 15.2 Å². The molecule has 0 unspecified atom stereocenters. The van der Waals surface area contributed by atoms with Crippen molar-refractivity contribution in [1.29, 1.82) is 0 Å². The molecule has 0 aliphatic rings. The Hall–Kier alpha value is -3.81. The molecule has 27 heavy (non-hydrogen) atoms. The number of carbonyl (C=O) groups is 3. The van der Waals surface area contributed by atoms with Crippen molar-refractivity contribution in [2.24, 2.45) is 7.05 Å². The molecule has 2 heterocycles. The highest BCUT2D eigenvalue weighted by Crippen LogP contribution is 2.13. The molecule has 3 aromatic rings. The zero-order chi connectivity index (χ0) is 19.2. The molecule has 0 saturated heterocycles. The first-order chi connectivity index (χ1) is 13.0. The van der Waals surface area contributed by atoms with E-state index in [4.69, 9.17) is 0 Å². The maximum absolute atomic E-state index is 12.4. The van der Waals surface area contributed by atoms with Gasteiger partial charge in [-0.25, -0.2) is 4.98 Å². The Morgan fingerprint density at radius 1 is 0.963 bits per heavy atom. The molecule has 2 aromatic heterocycles. The number of ketones is 1. The predicted octanol–water partition coefficient (Wildman–Crippen LogP) is 1.30. The Labute approximate surface area is 155 Å². The Bertz CT molecular complexity index is 965. The molecule has 0 fully saturated rings. The Balaban J connectivity index is 1.57. The molecule has 2 N–H and O–H groups in total. The minimum Gasteiger partial charge on any atom is -0.344 e. The summed E-state index contributed by atoms with van der Waals surface area (Å²) in [4.78, 5) is 44.1. The summed E-state index contributed by atoms with van der Waals surface area (Å²) in [6, 6.07) is 9.75. The fourth-order valence-corrected chi connectivity index (χ4v) is 2.37. The molecule has 0 spiro atoms. The van der Waals surface area contributed by atoms with Crippen LogP contribution >= 0.6 is 0 Å². The molecule has 0 aliphatic heterocycles. The van der Waals surface area contributed by atoms with Crippen molar-refractivity contribution in [1.82, 2.24) is 19.9 Å². The van der Waals surface area contributed by atoms with Crippen molar-refractivity contribution in [3.8, 4) is 0 Å². The molecule has 2 amide bonds. The average Bonchev–Trinajstić information content (AvgIpc) is 3.12. The summed E-state index contributed by atoms with van der Waals surface area (Å²) in [5.74, 6) is -1.44.